The summed E-state index contributed by atoms with van der Waals surface area (Å²) in [7, 11) is 1.85. The first-order valence-corrected chi connectivity index (χ1v) is 13.0. The molecular weight excluding hydrogens is 478 g/mol. The number of amidine groups is 2. The van der Waals surface area contributed by atoms with Crippen LogP contribution in [0, 0.1) is 5.41 Å². The van der Waals surface area contributed by atoms with Gasteiger partial charge in [-0.15, -0.1) is 0 Å². The zero-order valence-corrected chi connectivity index (χ0v) is 21.4. The average molecular weight is 504 g/mol. The third kappa shape index (κ3) is 3.85. The normalized spacial score (nSPS) is 12.0. The lowest BCUT2D eigenvalue weighted by atomic mass is 9.94. The van der Waals surface area contributed by atoms with Gasteiger partial charge in [-0.2, -0.15) is 0 Å². The molecule has 6 aromatic carbocycles. The van der Waals surface area contributed by atoms with Crippen LogP contribution in [0.25, 0.3) is 54.6 Å². The van der Waals surface area contributed by atoms with Crippen molar-refractivity contribution in [2.45, 2.75) is 0 Å². The molecule has 4 nitrogen and oxygen atoms in total. The maximum Gasteiger partial charge on any atom is 0.154 e. The highest BCUT2D eigenvalue weighted by molar-refractivity contribution is 6.23. The van der Waals surface area contributed by atoms with E-state index in [1.807, 2.05) is 73.8 Å². The quantitative estimate of drug-likeness (QED) is 0.187. The van der Waals surface area contributed by atoms with Gasteiger partial charge in [-0.1, -0.05) is 97.1 Å². The maximum absolute atomic E-state index is 9.06. The topological polar surface area (TPSA) is 61.4 Å². The van der Waals surface area contributed by atoms with Gasteiger partial charge < -0.3 is 9.73 Å². The van der Waals surface area contributed by atoms with Gasteiger partial charge in [0, 0.05) is 28.9 Å². The maximum atomic E-state index is 9.06. The third-order valence-electron chi connectivity index (χ3n) is 7.34. The predicted molar refractivity (Wildman–Crippen MR) is 163 cm³/mol. The Hall–Kier alpha value is -5.22. The van der Waals surface area contributed by atoms with E-state index in [1.54, 1.807) is 0 Å². The number of fused-ring (bicyclic) bond motifs is 5. The second-order valence-corrected chi connectivity index (χ2v) is 9.61. The van der Waals surface area contributed by atoms with Gasteiger partial charge in [-0.3, -0.25) is 5.41 Å². The van der Waals surface area contributed by atoms with Crippen molar-refractivity contribution in [1.29, 1.82) is 5.41 Å². The molecule has 0 aliphatic carbocycles. The minimum atomic E-state index is 0.199. The van der Waals surface area contributed by atoms with Gasteiger partial charge in [0.1, 0.15) is 17.0 Å². The number of nitrogens with zero attached hydrogens (tertiary/aromatic N) is 1. The molecule has 0 fully saturated rings. The Bertz CT molecular complexity index is 2070. The molecule has 7 aromatic rings. The van der Waals surface area contributed by atoms with E-state index < -0.39 is 0 Å². The second kappa shape index (κ2) is 9.26. The van der Waals surface area contributed by atoms with E-state index in [9.17, 15) is 0 Å². The SMILES string of the molecule is CNC(=NC(=N)c1ccc(-c2ccccc2)c2ccccc12)c1cccc2oc3cc4ccccc4cc3c12. The van der Waals surface area contributed by atoms with E-state index in [0.29, 0.717) is 5.84 Å². The summed E-state index contributed by atoms with van der Waals surface area (Å²) in [5, 5.41) is 18.7. The highest BCUT2D eigenvalue weighted by Crippen LogP contribution is 2.35. The summed E-state index contributed by atoms with van der Waals surface area (Å²) in [5.41, 5.74) is 5.61. The summed E-state index contributed by atoms with van der Waals surface area (Å²) < 4.78 is 6.26. The molecule has 0 aliphatic heterocycles. The molecule has 0 bridgehead atoms. The van der Waals surface area contributed by atoms with E-state index in [2.05, 4.69) is 59.9 Å². The van der Waals surface area contributed by atoms with Gasteiger partial charge in [0.25, 0.3) is 0 Å². The molecule has 0 spiro atoms. The first kappa shape index (κ1) is 22.9. The molecule has 186 valence electrons. The van der Waals surface area contributed by atoms with Crippen molar-refractivity contribution in [1.82, 2.24) is 5.32 Å². The fourth-order valence-corrected chi connectivity index (χ4v) is 5.51. The van der Waals surface area contributed by atoms with E-state index in [0.717, 1.165) is 65.7 Å². The van der Waals surface area contributed by atoms with Crippen LogP contribution in [0.3, 0.4) is 0 Å². The Morgan fingerprint density at radius 1 is 0.641 bits per heavy atom. The lowest BCUT2D eigenvalue weighted by Crippen LogP contribution is -2.21. The minimum Gasteiger partial charge on any atom is -0.456 e. The molecule has 4 heteroatoms. The Balaban J connectivity index is 1.38. The van der Waals surface area contributed by atoms with Crippen LogP contribution in [0.4, 0.5) is 0 Å². The highest BCUT2D eigenvalue weighted by Gasteiger charge is 2.17. The molecular formula is C35H25N3O. The molecule has 0 atom stereocenters. The van der Waals surface area contributed by atoms with E-state index >= 15 is 0 Å². The van der Waals surface area contributed by atoms with Crippen molar-refractivity contribution in [3.8, 4) is 11.1 Å². The predicted octanol–water partition coefficient (Wildman–Crippen LogP) is 8.55. The van der Waals surface area contributed by atoms with Crippen molar-refractivity contribution >= 4 is 55.2 Å². The standard InChI is InChI=1S/C35H25N3O/c1-37-35(29-16-9-17-31-33(29)30-20-23-12-5-6-13-24(23)21-32(30)39-31)38-34(36)28-19-18-25(22-10-3-2-4-11-22)26-14-7-8-15-27(26)28/h2-21H,1H3,(H2,36,37,38). The molecule has 39 heavy (non-hydrogen) atoms. The zero-order chi connectivity index (χ0) is 26.3. The Kier molecular flexibility index (Phi) is 5.45. The van der Waals surface area contributed by atoms with Crippen molar-refractivity contribution in [3.05, 3.63) is 132 Å². The van der Waals surface area contributed by atoms with Crippen LogP contribution in [0.15, 0.2) is 131 Å². The number of benzene rings is 6. The molecule has 0 radical (unpaired) electrons. The number of aliphatic imine (C=N–C) groups is 1. The van der Waals surface area contributed by atoms with Gasteiger partial charge in [0.15, 0.2) is 5.84 Å². The van der Waals surface area contributed by atoms with Crippen LogP contribution in [0.1, 0.15) is 11.1 Å². The van der Waals surface area contributed by atoms with Crippen LogP contribution in [0.5, 0.6) is 0 Å². The largest absolute Gasteiger partial charge is 0.456 e. The number of nitrogens with one attached hydrogen (secondary N) is 2. The number of rotatable bonds is 3. The van der Waals surface area contributed by atoms with Gasteiger partial charge in [-0.25, -0.2) is 4.99 Å². The van der Waals surface area contributed by atoms with Gasteiger partial charge in [-0.05, 0) is 56.9 Å². The number of hydrogen-bond acceptors (Lipinski definition) is 2. The van der Waals surface area contributed by atoms with Crippen LogP contribution in [-0.4, -0.2) is 18.7 Å². The monoisotopic (exact) mass is 503 g/mol. The minimum absolute atomic E-state index is 0.199. The molecule has 0 unspecified atom stereocenters. The lowest BCUT2D eigenvalue weighted by molar-refractivity contribution is 0.669. The van der Waals surface area contributed by atoms with E-state index in [-0.39, 0.29) is 5.84 Å². The summed E-state index contributed by atoms with van der Waals surface area (Å²) in [6, 6.07) is 41.2. The molecule has 0 amide bonds. The summed E-state index contributed by atoms with van der Waals surface area (Å²) in [6.45, 7) is 0. The molecule has 0 saturated carbocycles. The summed E-state index contributed by atoms with van der Waals surface area (Å²) in [5.74, 6) is 0.822. The smallest absolute Gasteiger partial charge is 0.154 e. The fraction of sp³-hybridized carbons (Fsp3) is 0.0286. The lowest BCUT2D eigenvalue weighted by Gasteiger charge is -2.12. The van der Waals surface area contributed by atoms with Crippen molar-refractivity contribution < 1.29 is 4.42 Å². The Morgan fingerprint density at radius 2 is 1.36 bits per heavy atom. The second-order valence-electron chi connectivity index (χ2n) is 9.61. The number of furan rings is 1. The third-order valence-corrected chi connectivity index (χ3v) is 7.34. The summed E-state index contributed by atoms with van der Waals surface area (Å²) in [6.07, 6.45) is 0. The van der Waals surface area contributed by atoms with Crippen molar-refractivity contribution in [2.75, 3.05) is 7.05 Å². The highest BCUT2D eigenvalue weighted by atomic mass is 16.3. The number of hydrogen-bond donors (Lipinski definition) is 2. The van der Waals surface area contributed by atoms with Crippen molar-refractivity contribution in [2.24, 2.45) is 4.99 Å². The molecule has 0 aliphatic rings. The summed E-state index contributed by atoms with van der Waals surface area (Å²) in [4.78, 5) is 4.83. The average Bonchev–Trinajstić information content (AvgIpc) is 3.36. The van der Waals surface area contributed by atoms with Crippen LogP contribution >= 0.6 is 0 Å². The molecule has 1 aromatic heterocycles. The van der Waals surface area contributed by atoms with Crippen molar-refractivity contribution in [3.63, 3.8) is 0 Å². The Labute approximate surface area is 225 Å². The van der Waals surface area contributed by atoms with Crippen LogP contribution in [-0.2, 0) is 0 Å². The first-order chi connectivity index (χ1) is 19.2. The Morgan fingerprint density at radius 3 is 2.15 bits per heavy atom. The van der Waals surface area contributed by atoms with Crippen LogP contribution in [0.2, 0.25) is 0 Å². The zero-order valence-electron chi connectivity index (χ0n) is 21.4. The first-order valence-electron chi connectivity index (χ1n) is 13.0. The van der Waals surface area contributed by atoms with Gasteiger partial charge in [0.2, 0.25) is 0 Å². The fourth-order valence-electron chi connectivity index (χ4n) is 5.51. The van der Waals surface area contributed by atoms with E-state index in [4.69, 9.17) is 14.8 Å². The molecule has 2 N–H and O–H groups in total. The van der Waals surface area contributed by atoms with Gasteiger partial charge in [0.05, 0.1) is 0 Å². The molecule has 7 rings (SSSR count). The van der Waals surface area contributed by atoms with E-state index in [1.165, 1.54) is 0 Å². The van der Waals surface area contributed by atoms with Gasteiger partial charge >= 0.3 is 0 Å². The molecule has 1 heterocycles. The molecule has 0 saturated heterocycles. The van der Waals surface area contributed by atoms with Crippen LogP contribution < -0.4 is 5.32 Å². The summed E-state index contributed by atoms with van der Waals surface area (Å²) >= 11 is 0.